The van der Waals surface area contributed by atoms with E-state index in [0.717, 1.165) is 0 Å². The average Bonchev–Trinajstić information content (AvgIpc) is 2.49. The molecule has 3 rings (SSSR count). The number of fused-ring (bicyclic) bond motifs is 1. The van der Waals surface area contributed by atoms with Gasteiger partial charge in [0, 0.05) is 6.07 Å². The number of carbonyl (C=O) groups is 1. The van der Waals surface area contributed by atoms with E-state index in [2.05, 4.69) is 10.3 Å². The molecule has 21 heavy (non-hydrogen) atoms. The Morgan fingerprint density at radius 2 is 2.00 bits per heavy atom. The first-order valence-electron chi connectivity index (χ1n) is 6.19. The SMILES string of the molecule is Nc1ccc(NC(=O)c2cc(=O)c3ccccc3o2)cn1. The monoisotopic (exact) mass is 281 g/mol. The first-order valence-corrected chi connectivity index (χ1v) is 6.19. The molecule has 0 saturated carbocycles. The number of amides is 1. The molecule has 0 aliphatic heterocycles. The summed E-state index contributed by atoms with van der Waals surface area (Å²) in [6.07, 6.45) is 1.42. The van der Waals surface area contributed by atoms with E-state index >= 15 is 0 Å². The van der Waals surface area contributed by atoms with Gasteiger partial charge in [-0.25, -0.2) is 4.98 Å². The summed E-state index contributed by atoms with van der Waals surface area (Å²) in [5.74, 6) is -0.231. The zero-order chi connectivity index (χ0) is 14.8. The van der Waals surface area contributed by atoms with Crippen molar-refractivity contribution in [2.24, 2.45) is 0 Å². The highest BCUT2D eigenvalue weighted by Crippen LogP contribution is 2.14. The van der Waals surface area contributed by atoms with Crippen LogP contribution in [-0.2, 0) is 0 Å². The quantitative estimate of drug-likeness (QED) is 0.748. The van der Waals surface area contributed by atoms with Crippen LogP contribution in [0.3, 0.4) is 0 Å². The molecule has 0 spiro atoms. The number of hydrogen-bond acceptors (Lipinski definition) is 5. The van der Waals surface area contributed by atoms with Crippen LogP contribution in [0.5, 0.6) is 0 Å². The third-order valence-corrected chi connectivity index (χ3v) is 2.90. The average molecular weight is 281 g/mol. The molecule has 2 aromatic heterocycles. The minimum atomic E-state index is -0.524. The Hall–Kier alpha value is -3.15. The molecular weight excluding hydrogens is 270 g/mol. The summed E-state index contributed by atoms with van der Waals surface area (Å²) in [5, 5.41) is 3.02. The van der Waals surface area contributed by atoms with E-state index in [-0.39, 0.29) is 11.2 Å². The molecule has 1 aromatic carbocycles. The number of nitrogens with one attached hydrogen (secondary N) is 1. The third kappa shape index (κ3) is 2.59. The molecule has 6 nitrogen and oxygen atoms in total. The minimum absolute atomic E-state index is 0.0597. The standard InChI is InChI=1S/C15H11N3O3/c16-14-6-5-9(8-17-14)18-15(20)13-7-11(19)10-3-1-2-4-12(10)21-13/h1-8H,(H2,16,17)(H,18,20). The van der Waals surface area contributed by atoms with Crippen molar-refractivity contribution in [3.8, 4) is 0 Å². The Bertz CT molecular complexity index is 869. The number of nitrogen functional groups attached to an aromatic ring is 1. The van der Waals surface area contributed by atoms with Crippen molar-refractivity contribution in [1.29, 1.82) is 0 Å². The maximum Gasteiger partial charge on any atom is 0.291 e. The Morgan fingerprint density at radius 3 is 2.76 bits per heavy atom. The van der Waals surface area contributed by atoms with E-state index in [1.54, 1.807) is 36.4 Å². The number of benzene rings is 1. The molecule has 0 atom stereocenters. The second-order valence-electron chi connectivity index (χ2n) is 4.40. The van der Waals surface area contributed by atoms with Gasteiger partial charge in [0.25, 0.3) is 5.91 Å². The summed E-state index contributed by atoms with van der Waals surface area (Å²) in [5.41, 5.74) is 6.03. The first-order chi connectivity index (χ1) is 10.1. The minimum Gasteiger partial charge on any atom is -0.451 e. The molecule has 3 aromatic rings. The molecule has 0 radical (unpaired) electrons. The number of hydrogen-bond donors (Lipinski definition) is 2. The van der Waals surface area contributed by atoms with Gasteiger partial charge in [0.2, 0.25) is 0 Å². The topological polar surface area (TPSA) is 98.2 Å². The molecule has 0 fully saturated rings. The normalized spacial score (nSPS) is 10.5. The molecule has 0 aliphatic rings. The highest BCUT2D eigenvalue weighted by atomic mass is 16.3. The lowest BCUT2D eigenvalue weighted by Crippen LogP contribution is -2.15. The van der Waals surface area contributed by atoms with Crippen molar-refractivity contribution >= 4 is 28.4 Å². The predicted molar refractivity (Wildman–Crippen MR) is 79.1 cm³/mol. The molecule has 3 N–H and O–H groups in total. The van der Waals surface area contributed by atoms with Gasteiger partial charge in [-0.15, -0.1) is 0 Å². The molecule has 0 saturated heterocycles. The largest absolute Gasteiger partial charge is 0.451 e. The Balaban J connectivity index is 1.94. The molecule has 6 heteroatoms. The number of carbonyl (C=O) groups excluding carboxylic acids is 1. The van der Waals surface area contributed by atoms with Crippen LogP contribution in [0.25, 0.3) is 11.0 Å². The van der Waals surface area contributed by atoms with Crippen LogP contribution in [0.15, 0.2) is 57.9 Å². The van der Waals surface area contributed by atoms with E-state index in [1.807, 2.05) is 0 Å². The molecule has 2 heterocycles. The van der Waals surface area contributed by atoms with Crippen LogP contribution in [-0.4, -0.2) is 10.9 Å². The number of aromatic nitrogens is 1. The van der Waals surface area contributed by atoms with Gasteiger partial charge < -0.3 is 15.5 Å². The van der Waals surface area contributed by atoms with Crippen LogP contribution in [0.4, 0.5) is 11.5 Å². The summed E-state index contributed by atoms with van der Waals surface area (Å²) in [7, 11) is 0. The van der Waals surface area contributed by atoms with Gasteiger partial charge in [0.15, 0.2) is 11.2 Å². The number of rotatable bonds is 2. The molecule has 0 aliphatic carbocycles. The summed E-state index contributed by atoms with van der Waals surface area (Å²) in [6, 6.07) is 11.1. The highest BCUT2D eigenvalue weighted by molar-refractivity contribution is 6.02. The Labute approximate surface area is 119 Å². The predicted octanol–water partition coefficient (Wildman–Crippen LogP) is 2.02. The fourth-order valence-electron chi connectivity index (χ4n) is 1.89. The van der Waals surface area contributed by atoms with Crippen molar-refractivity contribution in [2.75, 3.05) is 11.1 Å². The second kappa shape index (κ2) is 5.09. The van der Waals surface area contributed by atoms with Gasteiger partial charge in [-0.3, -0.25) is 9.59 Å². The van der Waals surface area contributed by atoms with Gasteiger partial charge in [-0.2, -0.15) is 0 Å². The number of anilines is 2. The second-order valence-corrected chi connectivity index (χ2v) is 4.40. The molecule has 0 bridgehead atoms. The van der Waals surface area contributed by atoms with Gasteiger partial charge in [0.05, 0.1) is 17.3 Å². The Kier molecular flexibility index (Phi) is 3.12. The van der Waals surface area contributed by atoms with Crippen molar-refractivity contribution < 1.29 is 9.21 Å². The van der Waals surface area contributed by atoms with E-state index in [9.17, 15) is 9.59 Å². The van der Waals surface area contributed by atoms with Gasteiger partial charge >= 0.3 is 0 Å². The molecule has 104 valence electrons. The molecule has 1 amide bonds. The Morgan fingerprint density at radius 1 is 1.19 bits per heavy atom. The fraction of sp³-hybridized carbons (Fsp3) is 0. The first kappa shape index (κ1) is 12.9. The van der Waals surface area contributed by atoms with Crippen molar-refractivity contribution in [1.82, 2.24) is 4.98 Å². The van der Waals surface area contributed by atoms with Crippen LogP contribution in [0.2, 0.25) is 0 Å². The number of nitrogens with two attached hydrogens (primary N) is 1. The maximum absolute atomic E-state index is 12.1. The van der Waals surface area contributed by atoms with Crippen LogP contribution in [0, 0.1) is 0 Å². The zero-order valence-electron chi connectivity index (χ0n) is 10.9. The third-order valence-electron chi connectivity index (χ3n) is 2.90. The lowest BCUT2D eigenvalue weighted by molar-refractivity contribution is 0.0997. The summed E-state index contributed by atoms with van der Waals surface area (Å²) < 4.78 is 5.44. The van der Waals surface area contributed by atoms with Gasteiger partial charge in [-0.1, -0.05) is 12.1 Å². The summed E-state index contributed by atoms with van der Waals surface area (Å²) in [4.78, 5) is 27.9. The van der Waals surface area contributed by atoms with E-state index in [0.29, 0.717) is 22.5 Å². The lowest BCUT2D eigenvalue weighted by atomic mass is 10.2. The van der Waals surface area contributed by atoms with Crippen LogP contribution < -0.4 is 16.5 Å². The van der Waals surface area contributed by atoms with E-state index < -0.39 is 5.91 Å². The molecule has 0 unspecified atom stereocenters. The lowest BCUT2D eigenvalue weighted by Gasteiger charge is -2.05. The van der Waals surface area contributed by atoms with E-state index in [1.165, 1.54) is 12.3 Å². The summed E-state index contributed by atoms with van der Waals surface area (Å²) >= 11 is 0. The molecular formula is C15H11N3O3. The van der Waals surface area contributed by atoms with Gasteiger partial charge in [-0.05, 0) is 24.3 Å². The maximum atomic E-state index is 12.1. The number of para-hydroxylation sites is 1. The van der Waals surface area contributed by atoms with Crippen molar-refractivity contribution in [3.05, 3.63) is 64.6 Å². The van der Waals surface area contributed by atoms with Crippen LogP contribution >= 0.6 is 0 Å². The zero-order valence-corrected chi connectivity index (χ0v) is 10.9. The highest BCUT2D eigenvalue weighted by Gasteiger charge is 2.12. The fourth-order valence-corrected chi connectivity index (χ4v) is 1.89. The van der Waals surface area contributed by atoms with Crippen molar-refractivity contribution in [3.63, 3.8) is 0 Å². The van der Waals surface area contributed by atoms with Gasteiger partial charge in [0.1, 0.15) is 11.4 Å². The summed E-state index contributed by atoms with van der Waals surface area (Å²) in [6.45, 7) is 0. The van der Waals surface area contributed by atoms with Crippen LogP contribution in [0.1, 0.15) is 10.6 Å². The number of nitrogens with zero attached hydrogens (tertiary/aromatic N) is 1. The van der Waals surface area contributed by atoms with E-state index in [4.69, 9.17) is 10.2 Å². The van der Waals surface area contributed by atoms with Crippen molar-refractivity contribution in [2.45, 2.75) is 0 Å². The smallest absolute Gasteiger partial charge is 0.291 e. The number of pyridine rings is 1.